The van der Waals surface area contributed by atoms with E-state index in [0.29, 0.717) is 5.92 Å². The summed E-state index contributed by atoms with van der Waals surface area (Å²) >= 11 is 0. The lowest BCUT2D eigenvalue weighted by atomic mass is 10.0. The van der Waals surface area contributed by atoms with E-state index in [9.17, 15) is 0 Å². The van der Waals surface area contributed by atoms with E-state index >= 15 is 0 Å². The van der Waals surface area contributed by atoms with E-state index in [0.717, 1.165) is 17.8 Å². The monoisotopic (exact) mass is 203 g/mol. The van der Waals surface area contributed by atoms with E-state index in [1.165, 1.54) is 0 Å². The molecule has 80 valence electrons. The molecule has 0 fully saturated rings. The highest BCUT2D eigenvalue weighted by Crippen LogP contribution is 2.19. The Hall–Kier alpha value is -1.35. The molecule has 3 nitrogen and oxygen atoms in total. The molecule has 0 aliphatic heterocycles. The normalized spacial score (nSPS) is 13.6. The predicted octanol–water partition coefficient (Wildman–Crippen LogP) is 2.38. The van der Waals surface area contributed by atoms with Gasteiger partial charge in [-0.1, -0.05) is 19.9 Å². The quantitative estimate of drug-likeness (QED) is 0.832. The minimum Gasteiger partial charge on any atom is -0.323 e. The van der Waals surface area contributed by atoms with Crippen LogP contribution in [0.5, 0.6) is 0 Å². The number of nitrogens with zero attached hydrogens (tertiary/aromatic N) is 2. The van der Waals surface area contributed by atoms with Gasteiger partial charge in [0.15, 0.2) is 0 Å². The molecular weight excluding hydrogens is 186 g/mol. The summed E-state index contributed by atoms with van der Waals surface area (Å²) in [5.41, 5.74) is 8.21. The van der Waals surface area contributed by atoms with Gasteiger partial charge < -0.3 is 10.1 Å². The summed E-state index contributed by atoms with van der Waals surface area (Å²) in [4.78, 5) is 4.33. The van der Waals surface area contributed by atoms with Crippen LogP contribution in [0.15, 0.2) is 30.6 Å². The van der Waals surface area contributed by atoms with Crippen LogP contribution in [0.4, 0.5) is 0 Å². The third-order valence-electron chi connectivity index (χ3n) is 2.55. The van der Waals surface area contributed by atoms with Crippen LogP contribution in [0.2, 0.25) is 0 Å². The van der Waals surface area contributed by atoms with Crippen molar-refractivity contribution in [2.24, 2.45) is 11.7 Å². The van der Waals surface area contributed by atoms with Crippen molar-refractivity contribution >= 4 is 5.65 Å². The molecule has 0 aliphatic rings. The van der Waals surface area contributed by atoms with Crippen molar-refractivity contribution in [3.8, 4) is 0 Å². The van der Waals surface area contributed by atoms with Gasteiger partial charge in [-0.15, -0.1) is 0 Å². The Morgan fingerprint density at radius 2 is 2.20 bits per heavy atom. The van der Waals surface area contributed by atoms with Crippen molar-refractivity contribution in [3.05, 3.63) is 36.3 Å². The van der Waals surface area contributed by atoms with Gasteiger partial charge in [-0.2, -0.15) is 0 Å². The molecule has 1 atom stereocenters. The SMILES string of the molecule is CC(C)CC(N)c1cnc2ccccn12. The van der Waals surface area contributed by atoms with E-state index in [4.69, 9.17) is 5.73 Å². The molecule has 0 saturated heterocycles. The molecular formula is C12H17N3. The van der Waals surface area contributed by atoms with Crippen molar-refractivity contribution in [2.75, 3.05) is 0 Å². The second-order valence-electron chi connectivity index (χ2n) is 4.35. The zero-order valence-electron chi connectivity index (χ0n) is 9.22. The van der Waals surface area contributed by atoms with Gasteiger partial charge in [0, 0.05) is 12.2 Å². The van der Waals surface area contributed by atoms with E-state index in [1.807, 2.05) is 30.6 Å². The second kappa shape index (κ2) is 4.03. The first-order valence-electron chi connectivity index (χ1n) is 5.36. The topological polar surface area (TPSA) is 43.3 Å². The molecule has 2 rings (SSSR count). The van der Waals surface area contributed by atoms with Crippen molar-refractivity contribution < 1.29 is 0 Å². The summed E-state index contributed by atoms with van der Waals surface area (Å²) in [6.07, 6.45) is 4.88. The van der Waals surface area contributed by atoms with Gasteiger partial charge in [0.05, 0.1) is 11.9 Å². The standard InChI is InChI=1S/C12H17N3/c1-9(2)7-10(13)11-8-14-12-5-3-4-6-15(11)12/h3-6,8-10H,7,13H2,1-2H3. The van der Waals surface area contributed by atoms with E-state index in [1.54, 1.807) is 0 Å². The summed E-state index contributed by atoms with van der Waals surface area (Å²) in [5, 5.41) is 0. The molecule has 0 radical (unpaired) electrons. The van der Waals surface area contributed by atoms with Gasteiger partial charge in [0.25, 0.3) is 0 Å². The number of rotatable bonds is 3. The lowest BCUT2D eigenvalue weighted by molar-refractivity contribution is 0.500. The average molecular weight is 203 g/mol. The zero-order valence-corrected chi connectivity index (χ0v) is 9.22. The maximum Gasteiger partial charge on any atom is 0.136 e. The Balaban J connectivity index is 2.35. The number of imidazole rings is 1. The molecule has 2 N–H and O–H groups in total. The Bertz CT molecular complexity index is 445. The predicted molar refractivity (Wildman–Crippen MR) is 61.6 cm³/mol. The smallest absolute Gasteiger partial charge is 0.136 e. The number of hydrogen-bond donors (Lipinski definition) is 1. The zero-order chi connectivity index (χ0) is 10.8. The highest BCUT2D eigenvalue weighted by Gasteiger charge is 2.12. The number of fused-ring (bicyclic) bond motifs is 1. The summed E-state index contributed by atoms with van der Waals surface area (Å²) in [7, 11) is 0. The van der Waals surface area contributed by atoms with Crippen LogP contribution in [-0.4, -0.2) is 9.38 Å². The highest BCUT2D eigenvalue weighted by atomic mass is 15.0. The first-order chi connectivity index (χ1) is 7.18. The maximum absolute atomic E-state index is 6.15. The van der Waals surface area contributed by atoms with Gasteiger partial charge >= 0.3 is 0 Å². The largest absolute Gasteiger partial charge is 0.323 e. The lowest BCUT2D eigenvalue weighted by Gasteiger charge is -2.13. The van der Waals surface area contributed by atoms with E-state index in [-0.39, 0.29) is 6.04 Å². The summed E-state index contributed by atoms with van der Waals surface area (Å²) in [6.45, 7) is 4.37. The molecule has 0 saturated carbocycles. The van der Waals surface area contributed by atoms with E-state index < -0.39 is 0 Å². The number of nitrogens with two attached hydrogens (primary N) is 1. The first-order valence-corrected chi connectivity index (χ1v) is 5.36. The molecule has 0 bridgehead atoms. The molecule has 0 aromatic carbocycles. The van der Waals surface area contributed by atoms with Crippen LogP contribution in [0.1, 0.15) is 32.0 Å². The minimum absolute atomic E-state index is 0.0717. The van der Waals surface area contributed by atoms with Gasteiger partial charge in [-0.3, -0.25) is 0 Å². The molecule has 2 aromatic rings. The first kappa shape index (κ1) is 10.2. The number of hydrogen-bond acceptors (Lipinski definition) is 2. The summed E-state index contributed by atoms with van der Waals surface area (Å²) < 4.78 is 2.06. The Kier molecular flexibility index (Phi) is 2.73. The Morgan fingerprint density at radius 3 is 2.93 bits per heavy atom. The van der Waals surface area contributed by atoms with Crippen LogP contribution < -0.4 is 5.73 Å². The Labute approximate surface area is 89.9 Å². The van der Waals surface area contributed by atoms with Gasteiger partial charge in [0.1, 0.15) is 5.65 Å². The van der Waals surface area contributed by atoms with Gasteiger partial charge in [-0.05, 0) is 24.5 Å². The third-order valence-corrected chi connectivity index (χ3v) is 2.55. The third kappa shape index (κ3) is 2.02. The number of aromatic nitrogens is 2. The van der Waals surface area contributed by atoms with Crippen molar-refractivity contribution in [1.82, 2.24) is 9.38 Å². The fraction of sp³-hybridized carbons (Fsp3) is 0.417. The van der Waals surface area contributed by atoms with Crippen molar-refractivity contribution in [1.29, 1.82) is 0 Å². The minimum atomic E-state index is 0.0717. The fourth-order valence-electron chi connectivity index (χ4n) is 1.86. The Morgan fingerprint density at radius 1 is 1.40 bits per heavy atom. The van der Waals surface area contributed by atoms with Crippen molar-refractivity contribution in [2.45, 2.75) is 26.3 Å². The molecule has 0 aliphatic carbocycles. The van der Waals surface area contributed by atoms with Crippen molar-refractivity contribution in [3.63, 3.8) is 0 Å². The average Bonchev–Trinajstić information content (AvgIpc) is 2.59. The molecule has 0 amide bonds. The second-order valence-corrected chi connectivity index (χ2v) is 4.35. The van der Waals surface area contributed by atoms with Crippen LogP contribution in [0.25, 0.3) is 5.65 Å². The molecule has 15 heavy (non-hydrogen) atoms. The molecule has 1 unspecified atom stereocenters. The molecule has 2 heterocycles. The van der Waals surface area contributed by atoms with E-state index in [2.05, 4.69) is 23.2 Å². The van der Waals surface area contributed by atoms with Crippen LogP contribution >= 0.6 is 0 Å². The maximum atomic E-state index is 6.15. The summed E-state index contributed by atoms with van der Waals surface area (Å²) in [6, 6.07) is 6.05. The van der Waals surface area contributed by atoms with Gasteiger partial charge in [-0.25, -0.2) is 4.98 Å². The molecule has 3 heteroatoms. The van der Waals surface area contributed by atoms with Gasteiger partial charge in [0.2, 0.25) is 0 Å². The van der Waals surface area contributed by atoms with Crippen LogP contribution in [0.3, 0.4) is 0 Å². The summed E-state index contributed by atoms with van der Waals surface area (Å²) in [5.74, 6) is 0.606. The van der Waals surface area contributed by atoms with Crippen LogP contribution in [0, 0.1) is 5.92 Å². The highest BCUT2D eigenvalue weighted by molar-refractivity contribution is 5.40. The molecule has 2 aromatic heterocycles. The molecule has 0 spiro atoms. The number of pyridine rings is 1. The van der Waals surface area contributed by atoms with Crippen LogP contribution in [-0.2, 0) is 0 Å². The fourth-order valence-corrected chi connectivity index (χ4v) is 1.86. The lowest BCUT2D eigenvalue weighted by Crippen LogP contribution is -2.14.